The molecule has 0 heterocycles. The molecule has 2 rings (SSSR count). The summed E-state index contributed by atoms with van der Waals surface area (Å²) in [6.45, 7) is 0. The van der Waals surface area contributed by atoms with E-state index in [4.69, 9.17) is 0 Å². The SMILES string of the molecule is SSC12CCCCC(CCC1)C2. The maximum atomic E-state index is 4.47. The molecule has 2 bridgehead atoms. The second-order valence-corrected chi connectivity index (χ2v) is 6.08. The Kier molecular flexibility index (Phi) is 2.96. The van der Waals surface area contributed by atoms with E-state index in [1.54, 1.807) is 0 Å². The topological polar surface area (TPSA) is 0 Å². The summed E-state index contributed by atoms with van der Waals surface area (Å²) >= 11 is 4.47. The number of hydrogen-bond acceptors (Lipinski definition) is 2. The van der Waals surface area contributed by atoms with E-state index >= 15 is 0 Å². The molecule has 2 heteroatoms. The highest BCUT2D eigenvalue weighted by atomic mass is 33.1. The van der Waals surface area contributed by atoms with E-state index in [1.165, 1.54) is 51.4 Å². The lowest BCUT2D eigenvalue weighted by Crippen LogP contribution is -2.29. The number of thiol groups is 1. The van der Waals surface area contributed by atoms with Gasteiger partial charge in [-0.3, -0.25) is 0 Å². The van der Waals surface area contributed by atoms with Gasteiger partial charge in [-0.25, -0.2) is 0 Å². The Morgan fingerprint density at radius 2 is 1.83 bits per heavy atom. The summed E-state index contributed by atoms with van der Waals surface area (Å²) in [5.74, 6) is 1.04. The van der Waals surface area contributed by atoms with Gasteiger partial charge in [0.2, 0.25) is 0 Å². The fraction of sp³-hybridized carbons (Fsp3) is 1.00. The van der Waals surface area contributed by atoms with Crippen molar-refractivity contribution in [2.45, 2.75) is 56.1 Å². The molecule has 0 spiro atoms. The summed E-state index contributed by atoms with van der Waals surface area (Å²) in [5, 5.41) is 0. The molecule has 0 radical (unpaired) electrons. The highest BCUT2D eigenvalue weighted by molar-refractivity contribution is 8.69. The first-order valence-electron chi connectivity index (χ1n) is 5.17. The van der Waals surface area contributed by atoms with Crippen LogP contribution < -0.4 is 0 Å². The molecule has 0 nitrogen and oxygen atoms in total. The van der Waals surface area contributed by atoms with Crippen molar-refractivity contribution >= 4 is 22.5 Å². The van der Waals surface area contributed by atoms with Crippen molar-refractivity contribution in [2.24, 2.45) is 5.92 Å². The van der Waals surface area contributed by atoms with Crippen molar-refractivity contribution in [3.8, 4) is 0 Å². The first-order valence-corrected chi connectivity index (χ1v) is 7.04. The monoisotopic (exact) mass is 202 g/mol. The van der Waals surface area contributed by atoms with Crippen molar-refractivity contribution in [1.29, 1.82) is 0 Å². The van der Waals surface area contributed by atoms with E-state index in [2.05, 4.69) is 11.7 Å². The van der Waals surface area contributed by atoms with Gasteiger partial charge in [0.05, 0.1) is 0 Å². The highest BCUT2D eigenvalue weighted by Crippen LogP contribution is 2.50. The third kappa shape index (κ3) is 1.79. The zero-order valence-electron chi connectivity index (χ0n) is 7.59. The van der Waals surface area contributed by atoms with Gasteiger partial charge in [-0.1, -0.05) is 42.9 Å². The number of rotatable bonds is 1. The highest BCUT2D eigenvalue weighted by Gasteiger charge is 2.37. The van der Waals surface area contributed by atoms with E-state index in [1.807, 2.05) is 10.8 Å². The van der Waals surface area contributed by atoms with E-state index in [0.29, 0.717) is 4.75 Å². The maximum Gasteiger partial charge on any atom is 0.0263 e. The van der Waals surface area contributed by atoms with Crippen LogP contribution in [0, 0.1) is 5.92 Å². The average molecular weight is 202 g/mol. The summed E-state index contributed by atoms with van der Waals surface area (Å²) in [6, 6.07) is 0. The Labute approximate surface area is 84.7 Å². The molecule has 0 N–H and O–H groups in total. The molecule has 0 saturated heterocycles. The molecular weight excluding hydrogens is 184 g/mol. The second kappa shape index (κ2) is 3.83. The van der Waals surface area contributed by atoms with Gasteiger partial charge in [0.25, 0.3) is 0 Å². The molecule has 70 valence electrons. The molecule has 0 amide bonds. The zero-order valence-corrected chi connectivity index (χ0v) is 9.30. The minimum atomic E-state index is 0.586. The van der Waals surface area contributed by atoms with Crippen molar-refractivity contribution in [3.63, 3.8) is 0 Å². The van der Waals surface area contributed by atoms with Crippen LogP contribution in [0.25, 0.3) is 0 Å². The summed E-state index contributed by atoms with van der Waals surface area (Å²) in [7, 11) is 1.86. The van der Waals surface area contributed by atoms with Crippen molar-refractivity contribution < 1.29 is 0 Å². The Morgan fingerprint density at radius 1 is 1.08 bits per heavy atom. The summed E-state index contributed by atoms with van der Waals surface area (Å²) in [5.41, 5.74) is 0. The first kappa shape index (κ1) is 9.26. The Balaban J connectivity index is 2.08. The number of hydrogen-bond donors (Lipinski definition) is 1. The fourth-order valence-corrected chi connectivity index (χ4v) is 4.48. The fourth-order valence-electron chi connectivity index (χ4n) is 2.93. The molecule has 12 heavy (non-hydrogen) atoms. The third-order valence-electron chi connectivity index (χ3n) is 3.59. The van der Waals surface area contributed by atoms with Crippen LogP contribution in [0.2, 0.25) is 0 Å². The van der Waals surface area contributed by atoms with Crippen LogP contribution in [-0.2, 0) is 0 Å². The molecule has 0 aliphatic heterocycles. The van der Waals surface area contributed by atoms with Crippen LogP contribution in [0.5, 0.6) is 0 Å². The lowest BCUT2D eigenvalue weighted by Gasteiger charge is -2.37. The smallest absolute Gasteiger partial charge is 0.0263 e. The van der Waals surface area contributed by atoms with Crippen molar-refractivity contribution in [2.75, 3.05) is 0 Å². The van der Waals surface area contributed by atoms with Gasteiger partial charge in [0.15, 0.2) is 0 Å². The molecule has 2 unspecified atom stereocenters. The molecule has 0 aromatic rings. The van der Waals surface area contributed by atoms with Gasteiger partial charge in [0, 0.05) is 4.75 Å². The molecule has 0 aromatic heterocycles. The quantitative estimate of drug-likeness (QED) is 0.494. The van der Waals surface area contributed by atoms with Gasteiger partial charge in [-0.05, 0) is 25.2 Å². The lowest BCUT2D eigenvalue weighted by molar-refractivity contribution is 0.300. The minimum absolute atomic E-state index is 0.586. The Bertz CT molecular complexity index is 158. The summed E-state index contributed by atoms with van der Waals surface area (Å²) in [4.78, 5) is 0. The molecule has 2 aliphatic carbocycles. The van der Waals surface area contributed by atoms with E-state index in [-0.39, 0.29) is 0 Å². The van der Waals surface area contributed by atoms with Crippen molar-refractivity contribution in [1.82, 2.24) is 0 Å². The third-order valence-corrected chi connectivity index (χ3v) is 5.72. The van der Waals surface area contributed by atoms with Gasteiger partial charge < -0.3 is 0 Å². The standard InChI is InChI=1S/C10H18S2/c11-12-10-6-2-1-4-9(8-10)5-3-7-10/h9,11H,1-8H2. The first-order chi connectivity index (χ1) is 5.85. The number of fused-ring (bicyclic) bond motifs is 2. The van der Waals surface area contributed by atoms with Crippen LogP contribution in [-0.4, -0.2) is 4.75 Å². The molecule has 2 atom stereocenters. The van der Waals surface area contributed by atoms with Gasteiger partial charge in [-0.2, -0.15) is 0 Å². The molecule has 2 aliphatic rings. The summed E-state index contributed by atoms with van der Waals surface area (Å²) in [6.07, 6.45) is 11.7. The Morgan fingerprint density at radius 3 is 2.67 bits per heavy atom. The van der Waals surface area contributed by atoms with E-state index < -0.39 is 0 Å². The predicted octanol–water partition coefficient (Wildman–Crippen LogP) is 4.07. The van der Waals surface area contributed by atoms with Gasteiger partial charge >= 0.3 is 0 Å². The van der Waals surface area contributed by atoms with Gasteiger partial charge in [-0.15, -0.1) is 11.7 Å². The maximum absolute atomic E-state index is 4.47. The lowest BCUT2D eigenvalue weighted by atomic mass is 9.80. The van der Waals surface area contributed by atoms with Crippen LogP contribution in [0.4, 0.5) is 0 Å². The van der Waals surface area contributed by atoms with Crippen LogP contribution in [0.15, 0.2) is 0 Å². The molecular formula is C10H18S2. The zero-order chi connectivity index (χ0) is 8.44. The van der Waals surface area contributed by atoms with E-state index in [0.717, 1.165) is 5.92 Å². The largest absolute Gasteiger partial charge is 0.111 e. The molecule has 0 aromatic carbocycles. The summed E-state index contributed by atoms with van der Waals surface area (Å²) < 4.78 is 0.586. The van der Waals surface area contributed by atoms with Crippen molar-refractivity contribution in [3.05, 3.63) is 0 Å². The van der Waals surface area contributed by atoms with E-state index in [9.17, 15) is 0 Å². The minimum Gasteiger partial charge on any atom is -0.111 e. The normalized spacial score (nSPS) is 42.2. The average Bonchev–Trinajstić information content (AvgIpc) is 2.26. The van der Waals surface area contributed by atoms with Crippen LogP contribution in [0.3, 0.4) is 0 Å². The molecule has 2 fully saturated rings. The predicted molar refractivity (Wildman–Crippen MR) is 59.7 cm³/mol. The molecule has 2 saturated carbocycles. The second-order valence-electron chi connectivity index (χ2n) is 4.48. The Hall–Kier alpha value is 0.700. The van der Waals surface area contributed by atoms with Crippen LogP contribution in [0.1, 0.15) is 51.4 Å². The van der Waals surface area contributed by atoms with Crippen LogP contribution >= 0.6 is 22.5 Å². The van der Waals surface area contributed by atoms with Gasteiger partial charge in [0.1, 0.15) is 0 Å².